The zero-order chi connectivity index (χ0) is 18.6. The van der Waals surface area contributed by atoms with Gasteiger partial charge in [0, 0.05) is 5.56 Å². The second-order valence-corrected chi connectivity index (χ2v) is 5.69. The molecule has 0 aliphatic carbocycles. The highest BCUT2D eigenvalue weighted by Gasteiger charge is 2.30. The Kier molecular flexibility index (Phi) is 5.92. The molecule has 4 nitrogen and oxygen atoms in total. The molecule has 0 aliphatic heterocycles. The molecule has 0 atom stereocenters. The van der Waals surface area contributed by atoms with Crippen molar-refractivity contribution >= 4 is 40.7 Å². The Morgan fingerprint density at radius 2 is 1.64 bits per heavy atom. The Labute approximate surface area is 150 Å². The average molecular weight is 391 g/mol. The molecule has 0 spiro atoms. The zero-order valence-corrected chi connectivity index (χ0v) is 14.0. The van der Waals surface area contributed by atoms with Gasteiger partial charge in [-0.15, -0.1) is 0 Å². The van der Waals surface area contributed by atoms with Crippen molar-refractivity contribution < 1.29 is 22.8 Å². The summed E-state index contributed by atoms with van der Waals surface area (Å²) in [5.74, 6) is -1.24. The van der Waals surface area contributed by atoms with Crippen molar-refractivity contribution in [3.8, 4) is 0 Å². The lowest BCUT2D eigenvalue weighted by molar-refractivity contribution is -0.137. The number of anilines is 1. The minimum Gasteiger partial charge on any atom is -0.343 e. The highest BCUT2D eigenvalue weighted by molar-refractivity contribution is 6.44. The van der Waals surface area contributed by atoms with E-state index in [4.69, 9.17) is 23.2 Å². The summed E-state index contributed by atoms with van der Waals surface area (Å²) in [7, 11) is 0. The van der Waals surface area contributed by atoms with Crippen LogP contribution in [0, 0.1) is 0 Å². The number of rotatable bonds is 4. The summed E-state index contributed by atoms with van der Waals surface area (Å²) in [4.78, 5) is 23.7. The Hall–Kier alpha value is -2.25. The highest BCUT2D eigenvalue weighted by Crippen LogP contribution is 2.30. The summed E-state index contributed by atoms with van der Waals surface area (Å²) in [5.41, 5.74) is -0.582. The van der Waals surface area contributed by atoms with E-state index in [0.717, 1.165) is 24.3 Å². The first kappa shape index (κ1) is 19.1. The number of halogens is 5. The monoisotopic (exact) mass is 390 g/mol. The number of carbonyl (C=O) groups is 2. The third-order valence-corrected chi connectivity index (χ3v) is 3.93. The van der Waals surface area contributed by atoms with Crippen LogP contribution in [0.2, 0.25) is 10.0 Å². The van der Waals surface area contributed by atoms with E-state index in [0.29, 0.717) is 0 Å². The lowest BCUT2D eigenvalue weighted by Gasteiger charge is -2.10. The summed E-state index contributed by atoms with van der Waals surface area (Å²) in [6, 6.07) is 8.32. The van der Waals surface area contributed by atoms with E-state index in [9.17, 15) is 22.8 Å². The van der Waals surface area contributed by atoms with E-state index in [1.165, 1.54) is 6.07 Å². The van der Waals surface area contributed by atoms with Crippen LogP contribution >= 0.6 is 23.2 Å². The predicted molar refractivity (Wildman–Crippen MR) is 88.9 cm³/mol. The van der Waals surface area contributed by atoms with Crippen LogP contribution in [0.3, 0.4) is 0 Å². The van der Waals surface area contributed by atoms with Gasteiger partial charge in [-0.1, -0.05) is 29.3 Å². The largest absolute Gasteiger partial charge is 0.416 e. The average Bonchev–Trinajstić information content (AvgIpc) is 2.56. The maximum Gasteiger partial charge on any atom is 0.416 e. The van der Waals surface area contributed by atoms with E-state index in [2.05, 4.69) is 10.6 Å². The number of carbonyl (C=O) groups excluding carboxylic acids is 2. The molecular formula is C16H11Cl2F3N2O2. The third-order valence-electron chi connectivity index (χ3n) is 3.11. The topological polar surface area (TPSA) is 58.2 Å². The van der Waals surface area contributed by atoms with Crippen LogP contribution in [0.25, 0.3) is 0 Å². The summed E-state index contributed by atoms with van der Waals surface area (Å²) in [6.45, 7) is -0.386. The van der Waals surface area contributed by atoms with Crippen molar-refractivity contribution in [3.63, 3.8) is 0 Å². The Bertz CT molecular complexity index is 793. The summed E-state index contributed by atoms with van der Waals surface area (Å²) >= 11 is 11.7. The Morgan fingerprint density at radius 3 is 2.24 bits per heavy atom. The molecule has 2 rings (SSSR count). The summed E-state index contributed by atoms with van der Waals surface area (Å²) < 4.78 is 37.4. The molecule has 0 aliphatic rings. The molecular weight excluding hydrogens is 380 g/mol. The van der Waals surface area contributed by atoms with E-state index in [1.54, 1.807) is 12.1 Å². The minimum atomic E-state index is -4.48. The first-order valence-electron chi connectivity index (χ1n) is 6.88. The van der Waals surface area contributed by atoms with Gasteiger partial charge in [-0.3, -0.25) is 9.59 Å². The molecule has 0 saturated heterocycles. The van der Waals surface area contributed by atoms with Crippen LogP contribution in [-0.2, 0) is 11.0 Å². The Morgan fingerprint density at radius 1 is 1.00 bits per heavy atom. The smallest absolute Gasteiger partial charge is 0.343 e. The maximum absolute atomic E-state index is 12.5. The molecule has 25 heavy (non-hydrogen) atoms. The van der Waals surface area contributed by atoms with Crippen LogP contribution < -0.4 is 10.6 Å². The van der Waals surface area contributed by atoms with Gasteiger partial charge in [0.25, 0.3) is 5.91 Å². The fourth-order valence-corrected chi connectivity index (χ4v) is 2.22. The molecule has 2 aromatic carbocycles. The summed E-state index contributed by atoms with van der Waals surface area (Å²) in [6.07, 6.45) is -4.48. The van der Waals surface area contributed by atoms with E-state index in [1.807, 2.05) is 0 Å². The van der Waals surface area contributed by atoms with Crippen LogP contribution in [0.1, 0.15) is 15.9 Å². The van der Waals surface area contributed by atoms with Gasteiger partial charge in [0.05, 0.1) is 27.8 Å². The normalized spacial score (nSPS) is 11.1. The van der Waals surface area contributed by atoms with Gasteiger partial charge in [-0.25, -0.2) is 0 Å². The molecule has 0 radical (unpaired) electrons. The molecule has 0 unspecified atom stereocenters. The Balaban J connectivity index is 1.93. The molecule has 0 aromatic heterocycles. The second-order valence-electron chi connectivity index (χ2n) is 4.91. The van der Waals surface area contributed by atoms with Crippen molar-refractivity contribution in [2.24, 2.45) is 0 Å². The van der Waals surface area contributed by atoms with Crippen LogP contribution in [0.5, 0.6) is 0 Å². The molecule has 0 saturated carbocycles. The minimum absolute atomic E-state index is 0.00147. The number of amides is 2. The van der Waals surface area contributed by atoms with Crippen LogP contribution in [-0.4, -0.2) is 18.4 Å². The number of hydrogen-bond acceptors (Lipinski definition) is 2. The standard InChI is InChI=1S/C16H11Cl2F3N2O2/c17-11-2-1-3-12(14(11)18)23-13(24)8-22-15(25)9-4-6-10(7-5-9)16(19,20)21/h1-7H,8H2,(H,22,25)(H,23,24). The fraction of sp³-hybridized carbons (Fsp3) is 0.125. The highest BCUT2D eigenvalue weighted by atomic mass is 35.5. The molecule has 2 amide bonds. The number of nitrogens with one attached hydrogen (secondary N) is 2. The number of benzene rings is 2. The lowest BCUT2D eigenvalue weighted by atomic mass is 10.1. The first-order valence-corrected chi connectivity index (χ1v) is 7.63. The van der Waals surface area contributed by atoms with Crippen molar-refractivity contribution in [1.82, 2.24) is 5.32 Å². The fourth-order valence-electron chi connectivity index (χ4n) is 1.87. The molecule has 2 aromatic rings. The van der Waals surface area contributed by atoms with Gasteiger partial charge in [0.15, 0.2) is 0 Å². The van der Waals surface area contributed by atoms with Gasteiger partial charge in [0.1, 0.15) is 0 Å². The van der Waals surface area contributed by atoms with Crippen LogP contribution in [0.4, 0.5) is 18.9 Å². The molecule has 0 fully saturated rings. The van der Waals surface area contributed by atoms with E-state index >= 15 is 0 Å². The van der Waals surface area contributed by atoms with Gasteiger partial charge in [0.2, 0.25) is 5.91 Å². The van der Waals surface area contributed by atoms with Gasteiger partial charge < -0.3 is 10.6 Å². The molecule has 2 N–H and O–H groups in total. The maximum atomic E-state index is 12.5. The first-order chi connectivity index (χ1) is 11.7. The van der Waals surface area contributed by atoms with Crippen molar-refractivity contribution in [3.05, 3.63) is 63.6 Å². The van der Waals surface area contributed by atoms with E-state index in [-0.39, 0.29) is 27.8 Å². The second kappa shape index (κ2) is 7.76. The van der Waals surface area contributed by atoms with E-state index < -0.39 is 23.6 Å². The van der Waals surface area contributed by atoms with Gasteiger partial charge in [-0.2, -0.15) is 13.2 Å². The number of hydrogen-bond donors (Lipinski definition) is 2. The molecule has 0 heterocycles. The SMILES string of the molecule is O=C(CNC(=O)c1ccc(C(F)(F)F)cc1)Nc1cccc(Cl)c1Cl. The third kappa shape index (κ3) is 5.11. The number of alkyl halides is 3. The lowest BCUT2D eigenvalue weighted by Crippen LogP contribution is -2.32. The van der Waals surface area contributed by atoms with Crippen molar-refractivity contribution in [1.29, 1.82) is 0 Å². The van der Waals surface area contributed by atoms with Crippen molar-refractivity contribution in [2.45, 2.75) is 6.18 Å². The molecule has 9 heteroatoms. The van der Waals surface area contributed by atoms with Gasteiger partial charge in [-0.05, 0) is 36.4 Å². The van der Waals surface area contributed by atoms with Crippen LogP contribution in [0.15, 0.2) is 42.5 Å². The quantitative estimate of drug-likeness (QED) is 0.813. The zero-order valence-electron chi connectivity index (χ0n) is 12.5. The van der Waals surface area contributed by atoms with Crippen molar-refractivity contribution in [2.75, 3.05) is 11.9 Å². The molecule has 0 bridgehead atoms. The summed E-state index contributed by atoms with van der Waals surface area (Å²) in [5, 5.41) is 5.19. The predicted octanol–water partition coefficient (Wildman–Crippen LogP) is 4.38. The molecule has 132 valence electrons. The van der Waals surface area contributed by atoms with Gasteiger partial charge >= 0.3 is 6.18 Å².